The zero-order valence-electron chi connectivity index (χ0n) is 16.1. The zero-order valence-corrected chi connectivity index (χ0v) is 16.9. The van der Waals surface area contributed by atoms with E-state index in [2.05, 4.69) is 10.1 Å². The maximum atomic E-state index is 12.6. The van der Waals surface area contributed by atoms with Gasteiger partial charge in [-0.2, -0.15) is 22.0 Å². The van der Waals surface area contributed by atoms with E-state index in [0.29, 0.717) is 57.5 Å². The van der Waals surface area contributed by atoms with Crippen LogP contribution in [0.1, 0.15) is 37.4 Å². The Hall–Kier alpha value is -1.56. The SMILES string of the molecule is CC(=O)N1CCC(c2noc(CC3CN(S(=O)(=O)N4CCOCC4)C3)n2)CC1. The largest absolute Gasteiger partial charge is 0.379 e. The smallest absolute Gasteiger partial charge is 0.282 e. The summed E-state index contributed by atoms with van der Waals surface area (Å²) in [6.07, 6.45) is 2.27. The Morgan fingerprint density at radius 1 is 1.11 bits per heavy atom. The lowest BCUT2D eigenvalue weighted by atomic mass is 9.96. The molecule has 0 aromatic carbocycles. The normalized spacial score (nSPS) is 23.7. The van der Waals surface area contributed by atoms with Crippen LogP contribution in [0.4, 0.5) is 0 Å². The van der Waals surface area contributed by atoms with Crippen LogP contribution in [0, 0.1) is 5.92 Å². The number of rotatable bonds is 5. The van der Waals surface area contributed by atoms with E-state index >= 15 is 0 Å². The van der Waals surface area contributed by atoms with Crippen molar-refractivity contribution in [2.75, 3.05) is 52.5 Å². The zero-order chi connectivity index (χ0) is 19.7. The summed E-state index contributed by atoms with van der Waals surface area (Å²) in [4.78, 5) is 17.8. The Kier molecular flexibility index (Phi) is 5.68. The molecule has 4 heterocycles. The van der Waals surface area contributed by atoms with Gasteiger partial charge in [-0.1, -0.05) is 5.16 Å². The molecule has 3 aliphatic heterocycles. The molecule has 0 unspecified atom stereocenters. The van der Waals surface area contributed by atoms with E-state index in [1.54, 1.807) is 6.92 Å². The molecule has 0 spiro atoms. The van der Waals surface area contributed by atoms with E-state index in [0.717, 1.165) is 25.9 Å². The van der Waals surface area contributed by atoms with E-state index in [9.17, 15) is 13.2 Å². The molecule has 3 aliphatic rings. The molecule has 0 atom stereocenters. The van der Waals surface area contributed by atoms with Crippen LogP contribution >= 0.6 is 0 Å². The van der Waals surface area contributed by atoms with E-state index in [1.165, 1.54) is 8.61 Å². The molecule has 10 nitrogen and oxygen atoms in total. The van der Waals surface area contributed by atoms with Crippen molar-refractivity contribution in [2.45, 2.75) is 32.1 Å². The van der Waals surface area contributed by atoms with E-state index in [1.807, 2.05) is 4.90 Å². The molecular formula is C17H27N5O5S. The van der Waals surface area contributed by atoms with Crippen LogP contribution in [0.15, 0.2) is 4.52 Å². The van der Waals surface area contributed by atoms with Gasteiger partial charge in [-0.25, -0.2) is 0 Å². The summed E-state index contributed by atoms with van der Waals surface area (Å²) in [5, 5.41) is 4.12. The van der Waals surface area contributed by atoms with Crippen LogP contribution in [-0.2, 0) is 26.2 Å². The topological polar surface area (TPSA) is 109 Å². The van der Waals surface area contributed by atoms with Crippen molar-refractivity contribution in [3.8, 4) is 0 Å². The average Bonchev–Trinajstić information content (AvgIpc) is 3.13. The van der Waals surface area contributed by atoms with Crippen LogP contribution in [0.5, 0.6) is 0 Å². The summed E-state index contributed by atoms with van der Waals surface area (Å²) in [6, 6.07) is 0. The van der Waals surface area contributed by atoms with Crippen molar-refractivity contribution in [3.63, 3.8) is 0 Å². The van der Waals surface area contributed by atoms with Crippen molar-refractivity contribution in [1.82, 2.24) is 23.7 Å². The number of carbonyl (C=O) groups is 1. The Labute approximate surface area is 165 Å². The molecule has 4 rings (SSSR count). The summed E-state index contributed by atoms with van der Waals surface area (Å²) in [6.45, 7) is 5.73. The average molecular weight is 414 g/mol. The first-order valence-corrected chi connectivity index (χ1v) is 11.2. The molecule has 0 N–H and O–H groups in total. The van der Waals surface area contributed by atoms with Gasteiger partial charge in [0.15, 0.2) is 5.82 Å². The van der Waals surface area contributed by atoms with Gasteiger partial charge in [0.05, 0.1) is 13.2 Å². The van der Waals surface area contributed by atoms with Gasteiger partial charge in [0, 0.05) is 58.5 Å². The fourth-order valence-electron chi connectivity index (χ4n) is 4.00. The lowest BCUT2D eigenvalue weighted by Crippen LogP contribution is -2.57. The number of aromatic nitrogens is 2. The Bertz CT molecular complexity index is 793. The lowest BCUT2D eigenvalue weighted by molar-refractivity contribution is -0.129. The highest BCUT2D eigenvalue weighted by atomic mass is 32.2. The van der Waals surface area contributed by atoms with Crippen molar-refractivity contribution in [1.29, 1.82) is 0 Å². The van der Waals surface area contributed by atoms with E-state index < -0.39 is 10.2 Å². The maximum Gasteiger partial charge on any atom is 0.282 e. The monoisotopic (exact) mass is 413 g/mol. The third-order valence-corrected chi connectivity index (χ3v) is 7.77. The molecule has 28 heavy (non-hydrogen) atoms. The maximum absolute atomic E-state index is 12.6. The second kappa shape index (κ2) is 8.05. The molecule has 3 saturated heterocycles. The molecule has 1 aromatic heterocycles. The highest BCUT2D eigenvalue weighted by Crippen LogP contribution is 2.28. The Morgan fingerprint density at radius 3 is 2.43 bits per heavy atom. The fourth-order valence-corrected chi connectivity index (χ4v) is 5.73. The second-order valence-corrected chi connectivity index (χ2v) is 9.66. The first kappa shape index (κ1) is 19.7. The highest BCUT2D eigenvalue weighted by molar-refractivity contribution is 7.86. The summed E-state index contributed by atoms with van der Waals surface area (Å²) in [7, 11) is -3.39. The minimum Gasteiger partial charge on any atom is -0.379 e. The predicted molar refractivity (Wildman–Crippen MR) is 98.6 cm³/mol. The van der Waals surface area contributed by atoms with E-state index in [4.69, 9.17) is 9.26 Å². The molecule has 0 aliphatic carbocycles. The number of amides is 1. The third-order valence-electron chi connectivity index (χ3n) is 5.80. The van der Waals surface area contributed by atoms with Crippen LogP contribution in [0.2, 0.25) is 0 Å². The van der Waals surface area contributed by atoms with Gasteiger partial charge >= 0.3 is 0 Å². The van der Waals surface area contributed by atoms with Gasteiger partial charge in [0.1, 0.15) is 0 Å². The Morgan fingerprint density at radius 2 is 1.79 bits per heavy atom. The lowest BCUT2D eigenvalue weighted by Gasteiger charge is -2.41. The van der Waals surface area contributed by atoms with Gasteiger partial charge in [0.25, 0.3) is 10.2 Å². The van der Waals surface area contributed by atoms with Crippen LogP contribution in [0.3, 0.4) is 0 Å². The van der Waals surface area contributed by atoms with Crippen LogP contribution < -0.4 is 0 Å². The van der Waals surface area contributed by atoms with Gasteiger partial charge in [-0.3, -0.25) is 4.79 Å². The van der Waals surface area contributed by atoms with Crippen molar-refractivity contribution >= 4 is 16.1 Å². The van der Waals surface area contributed by atoms with E-state index in [-0.39, 0.29) is 17.7 Å². The highest BCUT2D eigenvalue weighted by Gasteiger charge is 2.40. The number of morpholine rings is 1. The molecular weight excluding hydrogens is 386 g/mol. The molecule has 156 valence electrons. The summed E-state index contributed by atoms with van der Waals surface area (Å²) < 4.78 is 38.8. The van der Waals surface area contributed by atoms with Crippen molar-refractivity contribution in [2.24, 2.45) is 5.92 Å². The minimum atomic E-state index is -3.39. The number of carbonyl (C=O) groups excluding carboxylic acids is 1. The second-order valence-electron chi connectivity index (χ2n) is 7.73. The molecule has 0 saturated carbocycles. The van der Waals surface area contributed by atoms with Gasteiger partial charge < -0.3 is 14.2 Å². The summed E-state index contributed by atoms with van der Waals surface area (Å²) in [5.41, 5.74) is 0. The van der Waals surface area contributed by atoms with Crippen molar-refractivity contribution in [3.05, 3.63) is 11.7 Å². The molecule has 0 bridgehead atoms. The molecule has 3 fully saturated rings. The number of nitrogens with zero attached hydrogens (tertiary/aromatic N) is 5. The minimum absolute atomic E-state index is 0.105. The standard InChI is InChI=1S/C17H27N5O5S/c1-13(23)20-4-2-15(3-5-20)17-18-16(27-19-17)10-14-11-22(12-14)28(24,25)21-6-8-26-9-7-21/h14-15H,2-12H2,1H3. The summed E-state index contributed by atoms with van der Waals surface area (Å²) in [5.74, 6) is 1.79. The van der Waals surface area contributed by atoms with Crippen molar-refractivity contribution < 1.29 is 22.5 Å². The van der Waals surface area contributed by atoms with Gasteiger partial charge in [0.2, 0.25) is 11.8 Å². The van der Waals surface area contributed by atoms with Crippen LogP contribution in [-0.4, -0.2) is 90.5 Å². The number of likely N-dealkylation sites (tertiary alicyclic amines) is 1. The number of hydrogen-bond acceptors (Lipinski definition) is 7. The Balaban J connectivity index is 1.26. The number of hydrogen-bond donors (Lipinski definition) is 0. The molecule has 0 radical (unpaired) electrons. The number of ether oxygens (including phenoxy) is 1. The quantitative estimate of drug-likeness (QED) is 0.660. The van der Waals surface area contributed by atoms with Gasteiger partial charge in [-0.05, 0) is 18.8 Å². The summed E-state index contributed by atoms with van der Waals surface area (Å²) >= 11 is 0. The molecule has 1 aromatic rings. The fraction of sp³-hybridized carbons (Fsp3) is 0.824. The first-order valence-electron chi connectivity index (χ1n) is 9.84. The number of piperidine rings is 1. The third kappa shape index (κ3) is 4.07. The molecule has 11 heteroatoms. The predicted octanol–water partition coefficient (Wildman–Crippen LogP) is -0.153. The molecule has 1 amide bonds. The van der Waals surface area contributed by atoms with Gasteiger partial charge in [-0.15, -0.1) is 0 Å². The van der Waals surface area contributed by atoms with Crippen LogP contribution in [0.25, 0.3) is 0 Å². The first-order chi connectivity index (χ1) is 13.4.